The van der Waals surface area contributed by atoms with Crippen molar-refractivity contribution in [2.24, 2.45) is 5.73 Å². The molecule has 1 aromatic carbocycles. The van der Waals surface area contributed by atoms with Gasteiger partial charge in [-0.1, -0.05) is 25.1 Å². The van der Waals surface area contributed by atoms with Crippen LogP contribution in [0.3, 0.4) is 0 Å². The molecule has 0 aliphatic carbocycles. The summed E-state index contributed by atoms with van der Waals surface area (Å²) >= 11 is 0. The molecular formula is C12H16N4. The van der Waals surface area contributed by atoms with E-state index >= 15 is 0 Å². The quantitative estimate of drug-likeness (QED) is 0.846. The standard InChI is InChI=1S/C12H16N4/c1-10(7-8-13)12-15-14-9-16(12)11-5-3-2-4-6-11/h2-6,9-10H,7-8,13H2,1H3. The predicted octanol–water partition coefficient (Wildman–Crippen LogP) is 1.72. The molecule has 84 valence electrons. The molecule has 4 nitrogen and oxygen atoms in total. The lowest BCUT2D eigenvalue weighted by Gasteiger charge is -2.11. The lowest BCUT2D eigenvalue weighted by molar-refractivity contribution is 0.633. The van der Waals surface area contributed by atoms with Crippen molar-refractivity contribution in [3.63, 3.8) is 0 Å². The van der Waals surface area contributed by atoms with Gasteiger partial charge in [0.1, 0.15) is 12.2 Å². The summed E-state index contributed by atoms with van der Waals surface area (Å²) in [6, 6.07) is 10.1. The number of nitrogens with zero attached hydrogens (tertiary/aromatic N) is 3. The third kappa shape index (κ3) is 2.12. The van der Waals surface area contributed by atoms with Gasteiger partial charge >= 0.3 is 0 Å². The van der Waals surface area contributed by atoms with Crippen LogP contribution in [0.1, 0.15) is 25.1 Å². The highest BCUT2D eigenvalue weighted by atomic mass is 15.3. The highest BCUT2D eigenvalue weighted by Crippen LogP contribution is 2.19. The molecule has 0 aliphatic heterocycles. The van der Waals surface area contributed by atoms with Gasteiger partial charge in [-0.05, 0) is 25.1 Å². The molecule has 16 heavy (non-hydrogen) atoms. The summed E-state index contributed by atoms with van der Waals surface area (Å²) in [4.78, 5) is 0. The SMILES string of the molecule is CC(CCN)c1nncn1-c1ccccc1. The van der Waals surface area contributed by atoms with Gasteiger partial charge in [0.25, 0.3) is 0 Å². The topological polar surface area (TPSA) is 56.7 Å². The van der Waals surface area contributed by atoms with Crippen molar-refractivity contribution in [1.29, 1.82) is 0 Å². The van der Waals surface area contributed by atoms with Crippen LogP contribution in [0.25, 0.3) is 5.69 Å². The number of para-hydroxylation sites is 1. The van der Waals surface area contributed by atoms with Gasteiger partial charge in [0.15, 0.2) is 0 Å². The first-order valence-corrected chi connectivity index (χ1v) is 5.48. The maximum atomic E-state index is 5.57. The summed E-state index contributed by atoms with van der Waals surface area (Å²) in [5, 5.41) is 8.14. The lowest BCUT2D eigenvalue weighted by atomic mass is 10.1. The normalized spacial score (nSPS) is 12.6. The molecule has 0 aliphatic rings. The molecule has 2 N–H and O–H groups in total. The average molecular weight is 216 g/mol. The zero-order valence-corrected chi connectivity index (χ0v) is 9.37. The van der Waals surface area contributed by atoms with Crippen LogP contribution in [0.15, 0.2) is 36.7 Å². The minimum absolute atomic E-state index is 0.327. The zero-order chi connectivity index (χ0) is 11.4. The smallest absolute Gasteiger partial charge is 0.140 e. The fourth-order valence-corrected chi connectivity index (χ4v) is 1.75. The Bertz CT molecular complexity index is 435. The van der Waals surface area contributed by atoms with E-state index in [1.165, 1.54) is 0 Å². The Balaban J connectivity index is 2.33. The minimum atomic E-state index is 0.327. The zero-order valence-electron chi connectivity index (χ0n) is 9.37. The molecule has 1 heterocycles. The molecule has 4 heteroatoms. The van der Waals surface area contributed by atoms with Gasteiger partial charge in [0.05, 0.1) is 0 Å². The van der Waals surface area contributed by atoms with Crippen LogP contribution in [-0.2, 0) is 0 Å². The lowest BCUT2D eigenvalue weighted by Crippen LogP contribution is -2.09. The highest BCUT2D eigenvalue weighted by molar-refractivity contribution is 5.32. The van der Waals surface area contributed by atoms with Crippen molar-refractivity contribution in [3.8, 4) is 5.69 Å². The molecule has 0 saturated carbocycles. The van der Waals surface area contributed by atoms with Crippen LogP contribution in [0, 0.1) is 0 Å². The van der Waals surface area contributed by atoms with E-state index in [-0.39, 0.29) is 0 Å². The largest absolute Gasteiger partial charge is 0.330 e. The fraction of sp³-hybridized carbons (Fsp3) is 0.333. The highest BCUT2D eigenvalue weighted by Gasteiger charge is 2.13. The summed E-state index contributed by atoms with van der Waals surface area (Å²) in [7, 11) is 0. The number of nitrogens with two attached hydrogens (primary N) is 1. The van der Waals surface area contributed by atoms with E-state index in [0.717, 1.165) is 17.9 Å². The molecule has 0 amide bonds. The van der Waals surface area contributed by atoms with Crippen molar-refractivity contribution in [3.05, 3.63) is 42.5 Å². The minimum Gasteiger partial charge on any atom is -0.330 e. The van der Waals surface area contributed by atoms with Crippen molar-refractivity contribution in [1.82, 2.24) is 14.8 Å². The molecule has 0 fully saturated rings. The van der Waals surface area contributed by atoms with E-state index in [1.807, 2.05) is 34.9 Å². The van der Waals surface area contributed by atoms with Crippen molar-refractivity contribution in [2.45, 2.75) is 19.3 Å². The van der Waals surface area contributed by atoms with E-state index in [9.17, 15) is 0 Å². The molecule has 2 rings (SSSR count). The number of aromatic nitrogens is 3. The molecule has 1 aromatic heterocycles. The first-order chi connectivity index (χ1) is 7.83. The molecule has 2 aromatic rings. The Morgan fingerprint density at radius 3 is 2.75 bits per heavy atom. The predicted molar refractivity (Wildman–Crippen MR) is 63.4 cm³/mol. The van der Waals surface area contributed by atoms with Gasteiger partial charge in [-0.25, -0.2) is 0 Å². The summed E-state index contributed by atoms with van der Waals surface area (Å²) in [5.74, 6) is 1.30. The first kappa shape index (κ1) is 10.8. The third-order valence-electron chi connectivity index (χ3n) is 2.65. The second-order valence-electron chi connectivity index (χ2n) is 3.87. The second-order valence-corrected chi connectivity index (χ2v) is 3.87. The average Bonchev–Trinajstić information content (AvgIpc) is 2.79. The van der Waals surface area contributed by atoms with Crippen LogP contribution in [-0.4, -0.2) is 21.3 Å². The van der Waals surface area contributed by atoms with E-state index in [0.29, 0.717) is 12.5 Å². The van der Waals surface area contributed by atoms with Crippen LogP contribution in [0.2, 0.25) is 0 Å². The Morgan fingerprint density at radius 2 is 2.06 bits per heavy atom. The summed E-state index contributed by atoms with van der Waals surface area (Å²) in [5.41, 5.74) is 6.66. The molecule has 0 saturated heterocycles. The molecule has 1 atom stereocenters. The molecule has 0 bridgehead atoms. The van der Waals surface area contributed by atoms with Crippen molar-refractivity contribution < 1.29 is 0 Å². The Morgan fingerprint density at radius 1 is 1.31 bits per heavy atom. The van der Waals surface area contributed by atoms with Gasteiger partial charge in [-0.2, -0.15) is 0 Å². The van der Waals surface area contributed by atoms with Crippen molar-refractivity contribution >= 4 is 0 Å². The van der Waals surface area contributed by atoms with Gasteiger partial charge in [0, 0.05) is 11.6 Å². The van der Waals surface area contributed by atoms with Crippen LogP contribution >= 0.6 is 0 Å². The van der Waals surface area contributed by atoms with E-state index in [1.54, 1.807) is 6.33 Å². The third-order valence-corrected chi connectivity index (χ3v) is 2.65. The number of hydrogen-bond donors (Lipinski definition) is 1. The van der Waals surface area contributed by atoms with Gasteiger partial charge in [0.2, 0.25) is 0 Å². The maximum Gasteiger partial charge on any atom is 0.140 e. The molecule has 0 spiro atoms. The molecule has 1 unspecified atom stereocenters. The Labute approximate surface area is 95.1 Å². The van der Waals surface area contributed by atoms with Crippen LogP contribution in [0.5, 0.6) is 0 Å². The van der Waals surface area contributed by atoms with Crippen LogP contribution < -0.4 is 5.73 Å². The number of benzene rings is 1. The first-order valence-electron chi connectivity index (χ1n) is 5.48. The Kier molecular flexibility index (Phi) is 3.31. The maximum absolute atomic E-state index is 5.57. The molecular weight excluding hydrogens is 200 g/mol. The van der Waals surface area contributed by atoms with Gasteiger partial charge < -0.3 is 5.73 Å². The monoisotopic (exact) mass is 216 g/mol. The second kappa shape index (κ2) is 4.90. The summed E-state index contributed by atoms with van der Waals surface area (Å²) < 4.78 is 2.01. The van der Waals surface area contributed by atoms with E-state index in [2.05, 4.69) is 17.1 Å². The van der Waals surface area contributed by atoms with Gasteiger partial charge in [-0.15, -0.1) is 10.2 Å². The number of hydrogen-bond acceptors (Lipinski definition) is 3. The summed E-state index contributed by atoms with van der Waals surface area (Å²) in [6.45, 7) is 2.79. The van der Waals surface area contributed by atoms with E-state index in [4.69, 9.17) is 5.73 Å². The van der Waals surface area contributed by atoms with E-state index < -0.39 is 0 Å². The summed E-state index contributed by atoms with van der Waals surface area (Å²) in [6.07, 6.45) is 2.67. The van der Waals surface area contributed by atoms with Crippen LogP contribution in [0.4, 0.5) is 0 Å². The van der Waals surface area contributed by atoms with Crippen molar-refractivity contribution in [2.75, 3.05) is 6.54 Å². The number of rotatable bonds is 4. The fourth-order valence-electron chi connectivity index (χ4n) is 1.75. The van der Waals surface area contributed by atoms with Gasteiger partial charge in [-0.3, -0.25) is 4.57 Å². The molecule has 0 radical (unpaired) electrons. The Hall–Kier alpha value is -1.68.